The Balaban J connectivity index is 2.58. The topological polar surface area (TPSA) is 18.5 Å². The van der Waals surface area contributed by atoms with Crippen molar-refractivity contribution in [2.45, 2.75) is 13.8 Å². The minimum atomic E-state index is 0.658. The first-order valence-electron chi connectivity index (χ1n) is 5.90. The van der Waals surface area contributed by atoms with Crippen LogP contribution in [0.2, 0.25) is 0 Å². The summed E-state index contributed by atoms with van der Waals surface area (Å²) in [6.45, 7) is 9.35. The molecule has 2 nitrogen and oxygen atoms in total. The highest BCUT2D eigenvalue weighted by molar-refractivity contribution is 5.93. The van der Waals surface area contributed by atoms with Crippen LogP contribution in [0, 0.1) is 6.92 Å². The Kier molecular flexibility index (Phi) is 3.52. The van der Waals surface area contributed by atoms with Gasteiger partial charge < -0.3 is 9.47 Å². The van der Waals surface area contributed by atoms with Gasteiger partial charge in [-0.3, -0.25) is 0 Å². The molecule has 0 saturated carbocycles. The van der Waals surface area contributed by atoms with E-state index in [1.807, 2.05) is 38.1 Å². The van der Waals surface area contributed by atoms with E-state index in [2.05, 4.69) is 13.0 Å². The van der Waals surface area contributed by atoms with Gasteiger partial charge in [-0.15, -0.1) is 0 Å². The predicted molar refractivity (Wildman–Crippen MR) is 70.7 cm³/mol. The Morgan fingerprint density at radius 3 is 2.53 bits per heavy atom. The molecule has 0 saturated heterocycles. The fourth-order valence-electron chi connectivity index (χ4n) is 1.98. The molecule has 0 atom stereocenters. The van der Waals surface area contributed by atoms with E-state index in [-0.39, 0.29) is 0 Å². The van der Waals surface area contributed by atoms with Crippen molar-refractivity contribution in [1.82, 2.24) is 0 Å². The molecule has 0 amide bonds. The third-order valence-electron chi connectivity index (χ3n) is 2.60. The summed E-state index contributed by atoms with van der Waals surface area (Å²) in [7, 11) is 0. The zero-order chi connectivity index (χ0) is 12.3. The van der Waals surface area contributed by atoms with Crippen LogP contribution in [0.3, 0.4) is 0 Å². The van der Waals surface area contributed by atoms with Crippen LogP contribution in [0.1, 0.15) is 19.4 Å². The van der Waals surface area contributed by atoms with Crippen LogP contribution in [0.5, 0.6) is 11.5 Å². The van der Waals surface area contributed by atoms with Crippen molar-refractivity contribution in [2.24, 2.45) is 0 Å². The molecule has 0 bridgehead atoms. The molecule has 0 aliphatic rings. The Morgan fingerprint density at radius 2 is 1.82 bits per heavy atom. The van der Waals surface area contributed by atoms with Crippen molar-refractivity contribution in [2.75, 3.05) is 13.2 Å². The third-order valence-corrected chi connectivity index (χ3v) is 2.60. The highest BCUT2D eigenvalue weighted by Gasteiger charge is 2.07. The minimum absolute atomic E-state index is 0.658. The zero-order valence-corrected chi connectivity index (χ0v) is 10.3. The quantitative estimate of drug-likeness (QED) is 0.793. The van der Waals surface area contributed by atoms with E-state index in [1.54, 1.807) is 0 Å². The minimum Gasteiger partial charge on any atom is -0.494 e. The molecule has 0 unspecified atom stereocenters. The molecule has 1 radical (unpaired) electrons. The average Bonchev–Trinajstić information content (AvgIpc) is 2.29. The standard InChI is InChI=1S/C15H17O2/c1-4-16-13-9-11(3)15-12(10-13)7-6-8-14(15)17-5-2/h6-10H,3-5H2,1-2H3. The molecule has 0 N–H and O–H groups in total. The monoisotopic (exact) mass is 229 g/mol. The van der Waals surface area contributed by atoms with Crippen LogP contribution in [0.15, 0.2) is 30.3 Å². The number of hydrogen-bond acceptors (Lipinski definition) is 2. The Bertz CT molecular complexity index is 518. The number of ether oxygens (including phenoxy) is 2. The Morgan fingerprint density at radius 1 is 1.06 bits per heavy atom. The van der Waals surface area contributed by atoms with Gasteiger partial charge in [-0.1, -0.05) is 12.1 Å². The van der Waals surface area contributed by atoms with Crippen molar-refractivity contribution in [1.29, 1.82) is 0 Å². The largest absolute Gasteiger partial charge is 0.494 e. The molecular weight excluding hydrogens is 212 g/mol. The van der Waals surface area contributed by atoms with Crippen LogP contribution < -0.4 is 9.47 Å². The van der Waals surface area contributed by atoms with E-state index in [0.717, 1.165) is 27.8 Å². The first kappa shape index (κ1) is 11.8. The summed E-state index contributed by atoms with van der Waals surface area (Å²) >= 11 is 0. The lowest BCUT2D eigenvalue weighted by molar-refractivity contribution is 0.340. The highest BCUT2D eigenvalue weighted by atomic mass is 16.5. The van der Waals surface area contributed by atoms with Crippen molar-refractivity contribution in [3.8, 4) is 11.5 Å². The fourth-order valence-corrected chi connectivity index (χ4v) is 1.98. The van der Waals surface area contributed by atoms with E-state index in [0.29, 0.717) is 13.2 Å². The molecule has 0 spiro atoms. The highest BCUT2D eigenvalue weighted by Crippen LogP contribution is 2.32. The fraction of sp³-hybridized carbons (Fsp3) is 0.267. The van der Waals surface area contributed by atoms with Gasteiger partial charge in [0.25, 0.3) is 0 Å². The predicted octanol–water partition coefficient (Wildman–Crippen LogP) is 3.82. The maximum atomic E-state index is 5.62. The van der Waals surface area contributed by atoms with E-state index < -0.39 is 0 Å². The van der Waals surface area contributed by atoms with Gasteiger partial charge in [-0.2, -0.15) is 0 Å². The first-order chi connectivity index (χ1) is 8.26. The Labute approximate surface area is 102 Å². The molecule has 17 heavy (non-hydrogen) atoms. The van der Waals surface area contributed by atoms with Gasteiger partial charge in [0.05, 0.1) is 13.2 Å². The van der Waals surface area contributed by atoms with E-state index in [9.17, 15) is 0 Å². The second-order valence-corrected chi connectivity index (χ2v) is 3.80. The van der Waals surface area contributed by atoms with Crippen molar-refractivity contribution < 1.29 is 9.47 Å². The number of rotatable bonds is 4. The van der Waals surface area contributed by atoms with Gasteiger partial charge >= 0.3 is 0 Å². The summed E-state index contributed by atoms with van der Waals surface area (Å²) < 4.78 is 11.1. The summed E-state index contributed by atoms with van der Waals surface area (Å²) in [4.78, 5) is 0. The van der Waals surface area contributed by atoms with Gasteiger partial charge in [0.1, 0.15) is 11.5 Å². The lowest BCUT2D eigenvalue weighted by atomic mass is 10.0. The number of hydrogen-bond donors (Lipinski definition) is 0. The van der Waals surface area contributed by atoms with Gasteiger partial charge in [0.15, 0.2) is 0 Å². The van der Waals surface area contributed by atoms with E-state index >= 15 is 0 Å². The van der Waals surface area contributed by atoms with Crippen LogP contribution >= 0.6 is 0 Å². The summed E-state index contributed by atoms with van der Waals surface area (Å²) in [5.41, 5.74) is 0.940. The molecule has 2 aromatic rings. The maximum Gasteiger partial charge on any atom is 0.127 e. The molecule has 0 aromatic heterocycles. The summed E-state index contributed by atoms with van der Waals surface area (Å²) in [6, 6.07) is 9.99. The first-order valence-corrected chi connectivity index (χ1v) is 5.90. The smallest absolute Gasteiger partial charge is 0.127 e. The lowest BCUT2D eigenvalue weighted by Gasteiger charge is -2.12. The average molecular weight is 229 g/mol. The number of benzene rings is 2. The zero-order valence-electron chi connectivity index (χ0n) is 10.3. The third kappa shape index (κ3) is 2.36. The molecule has 0 aliphatic carbocycles. The van der Waals surface area contributed by atoms with Gasteiger partial charge in [0, 0.05) is 5.39 Å². The molecule has 89 valence electrons. The SMILES string of the molecule is [CH2]c1cc(OCC)cc2cccc(OCC)c12. The molecule has 0 aliphatic heterocycles. The molecule has 0 heterocycles. The van der Waals surface area contributed by atoms with Crippen molar-refractivity contribution >= 4 is 10.8 Å². The summed E-state index contributed by atoms with van der Waals surface area (Å²) in [5, 5.41) is 2.17. The summed E-state index contributed by atoms with van der Waals surface area (Å²) in [5.74, 6) is 1.75. The van der Waals surface area contributed by atoms with E-state index in [1.165, 1.54) is 0 Å². The normalized spacial score (nSPS) is 10.5. The van der Waals surface area contributed by atoms with Gasteiger partial charge in [-0.05, 0) is 49.9 Å². The maximum absolute atomic E-state index is 5.62. The van der Waals surface area contributed by atoms with Crippen molar-refractivity contribution in [3.63, 3.8) is 0 Å². The van der Waals surface area contributed by atoms with Crippen LogP contribution in [0.25, 0.3) is 10.8 Å². The van der Waals surface area contributed by atoms with Crippen molar-refractivity contribution in [3.05, 3.63) is 42.8 Å². The van der Waals surface area contributed by atoms with Gasteiger partial charge in [0.2, 0.25) is 0 Å². The lowest BCUT2D eigenvalue weighted by Crippen LogP contribution is -1.95. The molecule has 2 aromatic carbocycles. The molecule has 2 heteroatoms. The summed E-state index contributed by atoms with van der Waals surface area (Å²) in [6.07, 6.45) is 0. The van der Waals surface area contributed by atoms with Crippen LogP contribution in [0.4, 0.5) is 0 Å². The second kappa shape index (κ2) is 5.09. The second-order valence-electron chi connectivity index (χ2n) is 3.80. The van der Waals surface area contributed by atoms with Crippen LogP contribution in [-0.2, 0) is 0 Å². The van der Waals surface area contributed by atoms with E-state index in [4.69, 9.17) is 9.47 Å². The molecule has 2 rings (SSSR count). The van der Waals surface area contributed by atoms with Crippen LogP contribution in [-0.4, -0.2) is 13.2 Å². The Hall–Kier alpha value is -1.70. The molecular formula is C15H17O2. The number of fused-ring (bicyclic) bond motifs is 1. The van der Waals surface area contributed by atoms with Gasteiger partial charge in [-0.25, -0.2) is 0 Å². The molecule has 0 fully saturated rings.